The lowest BCUT2D eigenvalue weighted by Crippen LogP contribution is -1.71. The van der Waals surface area contributed by atoms with Crippen molar-refractivity contribution in [2.75, 3.05) is 0 Å². The van der Waals surface area contributed by atoms with Crippen molar-refractivity contribution in [3.8, 4) is 0 Å². The molecule has 1 N–H and O–H groups in total. The van der Waals surface area contributed by atoms with Crippen molar-refractivity contribution in [3.05, 3.63) is 44.8 Å². The average molecular weight is 315 g/mol. The van der Waals surface area contributed by atoms with Crippen molar-refractivity contribution in [1.29, 1.82) is 0 Å². The molecule has 0 aliphatic carbocycles. The van der Waals surface area contributed by atoms with Gasteiger partial charge in [0.05, 0.1) is 5.52 Å². The van der Waals surface area contributed by atoms with E-state index >= 15 is 0 Å². The molecule has 0 spiro atoms. The standard InChI is InChI=1S/C12H6BrCl2N/c13-10-5-7(15)4-9-8-3-6(14)1-2-11(8)16-12(9)10/h1-5,16H. The summed E-state index contributed by atoms with van der Waals surface area (Å²) in [6.07, 6.45) is 0. The minimum atomic E-state index is 0.709. The fraction of sp³-hybridized carbons (Fsp3) is 0. The molecule has 1 heterocycles. The summed E-state index contributed by atoms with van der Waals surface area (Å²) in [7, 11) is 0. The summed E-state index contributed by atoms with van der Waals surface area (Å²) in [4.78, 5) is 3.34. The largest absolute Gasteiger partial charge is 0.354 e. The first-order valence-corrected chi connectivity index (χ1v) is 6.26. The Morgan fingerprint density at radius 3 is 2.50 bits per heavy atom. The fourth-order valence-electron chi connectivity index (χ4n) is 1.90. The Morgan fingerprint density at radius 1 is 0.938 bits per heavy atom. The molecule has 0 aliphatic heterocycles. The molecule has 0 saturated carbocycles. The molecule has 0 fully saturated rings. The maximum Gasteiger partial charge on any atom is 0.0610 e. The number of fused-ring (bicyclic) bond motifs is 3. The Balaban J connectivity index is 2.57. The van der Waals surface area contributed by atoms with E-state index in [9.17, 15) is 0 Å². The number of halogens is 3. The van der Waals surface area contributed by atoms with Crippen molar-refractivity contribution in [2.24, 2.45) is 0 Å². The van der Waals surface area contributed by atoms with Crippen LogP contribution in [0.1, 0.15) is 0 Å². The Labute approximate surface area is 110 Å². The van der Waals surface area contributed by atoms with Gasteiger partial charge in [-0.2, -0.15) is 0 Å². The Morgan fingerprint density at radius 2 is 1.69 bits per heavy atom. The number of H-pyrrole nitrogens is 1. The van der Waals surface area contributed by atoms with Crippen LogP contribution in [-0.2, 0) is 0 Å². The van der Waals surface area contributed by atoms with Crippen LogP contribution in [0.25, 0.3) is 21.8 Å². The number of rotatable bonds is 0. The maximum absolute atomic E-state index is 6.04. The summed E-state index contributed by atoms with van der Waals surface area (Å²) < 4.78 is 0.960. The molecule has 1 aromatic heterocycles. The molecule has 0 saturated heterocycles. The van der Waals surface area contributed by atoms with Gasteiger partial charge in [-0.25, -0.2) is 0 Å². The summed E-state index contributed by atoms with van der Waals surface area (Å²) in [5.41, 5.74) is 2.10. The van der Waals surface area contributed by atoms with Crippen molar-refractivity contribution < 1.29 is 0 Å². The van der Waals surface area contributed by atoms with Crippen LogP contribution in [0.4, 0.5) is 0 Å². The summed E-state index contributed by atoms with van der Waals surface area (Å²) >= 11 is 15.5. The zero-order chi connectivity index (χ0) is 11.3. The van der Waals surface area contributed by atoms with E-state index in [1.165, 1.54) is 0 Å². The van der Waals surface area contributed by atoms with Gasteiger partial charge in [0, 0.05) is 30.8 Å². The topological polar surface area (TPSA) is 15.8 Å². The molecule has 0 radical (unpaired) electrons. The number of hydrogen-bond acceptors (Lipinski definition) is 0. The molecule has 80 valence electrons. The molecule has 0 bridgehead atoms. The van der Waals surface area contributed by atoms with Crippen molar-refractivity contribution in [1.82, 2.24) is 4.98 Å². The first-order valence-electron chi connectivity index (χ1n) is 4.71. The highest BCUT2D eigenvalue weighted by Gasteiger charge is 2.08. The van der Waals surface area contributed by atoms with Gasteiger partial charge in [0.25, 0.3) is 0 Å². The molecule has 3 rings (SSSR count). The smallest absolute Gasteiger partial charge is 0.0610 e. The summed E-state index contributed by atoms with van der Waals surface area (Å²) in [5.74, 6) is 0. The Bertz CT molecular complexity index is 703. The summed E-state index contributed by atoms with van der Waals surface area (Å²) in [6, 6.07) is 9.60. The van der Waals surface area contributed by atoms with E-state index < -0.39 is 0 Å². The predicted octanol–water partition coefficient (Wildman–Crippen LogP) is 5.39. The van der Waals surface area contributed by atoms with Crippen LogP contribution in [0, 0.1) is 0 Å². The third kappa shape index (κ3) is 1.53. The van der Waals surface area contributed by atoms with E-state index in [0.717, 1.165) is 31.3 Å². The molecular formula is C12H6BrCl2N. The maximum atomic E-state index is 6.04. The zero-order valence-electron chi connectivity index (χ0n) is 8.02. The minimum Gasteiger partial charge on any atom is -0.354 e. The third-order valence-electron chi connectivity index (χ3n) is 2.59. The van der Waals surface area contributed by atoms with Gasteiger partial charge in [0.1, 0.15) is 0 Å². The SMILES string of the molecule is Clc1ccc2[nH]c3c(Br)cc(Cl)cc3c2c1. The van der Waals surface area contributed by atoms with Crippen LogP contribution in [-0.4, -0.2) is 4.98 Å². The first kappa shape index (κ1) is 10.5. The monoisotopic (exact) mass is 313 g/mol. The normalized spacial score (nSPS) is 11.4. The van der Waals surface area contributed by atoms with E-state index in [4.69, 9.17) is 23.2 Å². The van der Waals surface area contributed by atoms with Crippen LogP contribution in [0.15, 0.2) is 34.8 Å². The number of aromatic amines is 1. The Kier molecular flexibility index (Phi) is 2.39. The molecule has 16 heavy (non-hydrogen) atoms. The lowest BCUT2D eigenvalue weighted by atomic mass is 10.1. The van der Waals surface area contributed by atoms with Crippen LogP contribution < -0.4 is 0 Å². The van der Waals surface area contributed by atoms with Crippen LogP contribution >= 0.6 is 39.1 Å². The van der Waals surface area contributed by atoms with E-state index in [2.05, 4.69) is 20.9 Å². The lowest BCUT2D eigenvalue weighted by Gasteiger charge is -1.96. The van der Waals surface area contributed by atoms with Gasteiger partial charge in [-0.1, -0.05) is 23.2 Å². The fourth-order valence-corrected chi connectivity index (χ4v) is 2.98. The summed E-state index contributed by atoms with van der Waals surface area (Å²) in [6.45, 7) is 0. The quantitative estimate of drug-likeness (QED) is 0.572. The molecule has 0 aliphatic rings. The molecule has 2 aromatic carbocycles. The molecule has 0 atom stereocenters. The predicted molar refractivity (Wildman–Crippen MR) is 73.5 cm³/mol. The highest BCUT2D eigenvalue weighted by molar-refractivity contribution is 9.10. The summed E-state index contributed by atoms with van der Waals surface area (Å²) in [5, 5.41) is 3.60. The second-order valence-corrected chi connectivity index (χ2v) is 5.35. The minimum absolute atomic E-state index is 0.709. The van der Waals surface area contributed by atoms with Crippen molar-refractivity contribution in [2.45, 2.75) is 0 Å². The van der Waals surface area contributed by atoms with E-state index in [0.29, 0.717) is 5.02 Å². The Hall–Kier alpha value is -0.700. The third-order valence-corrected chi connectivity index (χ3v) is 3.67. The number of benzene rings is 2. The van der Waals surface area contributed by atoms with Gasteiger partial charge >= 0.3 is 0 Å². The lowest BCUT2D eigenvalue weighted by molar-refractivity contribution is 1.53. The van der Waals surface area contributed by atoms with Gasteiger partial charge in [0.15, 0.2) is 0 Å². The molecular weight excluding hydrogens is 309 g/mol. The zero-order valence-corrected chi connectivity index (χ0v) is 11.1. The average Bonchev–Trinajstić information content (AvgIpc) is 2.57. The molecule has 0 amide bonds. The van der Waals surface area contributed by atoms with Gasteiger partial charge in [-0.05, 0) is 46.3 Å². The number of nitrogens with one attached hydrogen (secondary N) is 1. The van der Waals surface area contributed by atoms with Gasteiger partial charge in [-0.15, -0.1) is 0 Å². The number of aromatic nitrogens is 1. The van der Waals surface area contributed by atoms with Crippen LogP contribution in [0.2, 0.25) is 10.0 Å². The van der Waals surface area contributed by atoms with Gasteiger partial charge in [0.2, 0.25) is 0 Å². The van der Waals surface area contributed by atoms with Crippen LogP contribution in [0.3, 0.4) is 0 Å². The van der Waals surface area contributed by atoms with Crippen molar-refractivity contribution >= 4 is 60.9 Å². The highest BCUT2D eigenvalue weighted by atomic mass is 79.9. The first-order chi connectivity index (χ1) is 7.65. The van der Waals surface area contributed by atoms with E-state index in [-0.39, 0.29) is 0 Å². The second-order valence-electron chi connectivity index (χ2n) is 3.63. The number of hydrogen-bond donors (Lipinski definition) is 1. The molecule has 1 nitrogen and oxygen atoms in total. The van der Waals surface area contributed by atoms with Gasteiger partial charge in [-0.3, -0.25) is 0 Å². The highest BCUT2D eigenvalue weighted by Crippen LogP contribution is 2.34. The van der Waals surface area contributed by atoms with E-state index in [1.807, 2.05) is 30.3 Å². The second kappa shape index (κ2) is 3.66. The molecule has 0 unspecified atom stereocenters. The van der Waals surface area contributed by atoms with E-state index in [1.54, 1.807) is 0 Å². The molecule has 4 heteroatoms. The molecule has 3 aromatic rings. The van der Waals surface area contributed by atoms with Crippen LogP contribution in [0.5, 0.6) is 0 Å². The van der Waals surface area contributed by atoms with Crippen molar-refractivity contribution in [3.63, 3.8) is 0 Å². The van der Waals surface area contributed by atoms with Gasteiger partial charge < -0.3 is 4.98 Å².